The predicted molar refractivity (Wildman–Crippen MR) is 95.6 cm³/mol. The second-order valence-corrected chi connectivity index (χ2v) is 6.80. The van der Waals surface area contributed by atoms with Crippen LogP contribution in [0.2, 0.25) is 5.02 Å². The van der Waals surface area contributed by atoms with Gasteiger partial charge < -0.3 is 10.4 Å². The first kappa shape index (κ1) is 16.6. The molecule has 0 aliphatic carbocycles. The number of carbonyl (C=O) groups excluding carboxylic acids is 2. The van der Waals surface area contributed by atoms with Gasteiger partial charge in [0, 0.05) is 26.7 Å². The number of nitrogens with one attached hydrogen (secondary N) is 1. The number of fused-ring (bicyclic) bond motifs is 1. The van der Waals surface area contributed by atoms with E-state index in [1.165, 1.54) is 23.5 Å². The Kier molecular flexibility index (Phi) is 4.94. The van der Waals surface area contributed by atoms with Crippen LogP contribution >= 0.6 is 22.9 Å². The van der Waals surface area contributed by atoms with E-state index in [0.717, 1.165) is 15.0 Å². The molecule has 1 atom stereocenters. The summed E-state index contributed by atoms with van der Waals surface area (Å²) >= 11 is 7.22. The first-order chi connectivity index (χ1) is 11.5. The van der Waals surface area contributed by atoms with Gasteiger partial charge in [-0.05, 0) is 41.8 Å². The molecule has 0 unspecified atom stereocenters. The highest BCUT2D eigenvalue weighted by atomic mass is 35.5. The lowest BCUT2D eigenvalue weighted by atomic mass is 10.1. The molecular formula is C18H14ClNO3S. The van der Waals surface area contributed by atoms with Gasteiger partial charge in [-0.2, -0.15) is 0 Å². The van der Waals surface area contributed by atoms with E-state index >= 15 is 0 Å². The van der Waals surface area contributed by atoms with E-state index in [1.54, 1.807) is 12.1 Å². The van der Waals surface area contributed by atoms with Gasteiger partial charge in [-0.15, -0.1) is 11.3 Å². The Morgan fingerprint density at radius 3 is 2.54 bits per heavy atom. The first-order valence-electron chi connectivity index (χ1n) is 7.29. The van der Waals surface area contributed by atoms with E-state index in [4.69, 9.17) is 11.6 Å². The number of amides is 1. The topological polar surface area (TPSA) is 66.4 Å². The van der Waals surface area contributed by atoms with Crippen LogP contribution in [0, 0.1) is 0 Å². The van der Waals surface area contributed by atoms with Gasteiger partial charge in [0.2, 0.25) is 5.78 Å². The number of hydrogen-bond donors (Lipinski definition) is 2. The maximum Gasteiger partial charge on any atom is 0.292 e. The summed E-state index contributed by atoms with van der Waals surface area (Å²) < 4.78 is 1.06. The van der Waals surface area contributed by atoms with Crippen molar-refractivity contribution in [2.75, 3.05) is 6.54 Å². The van der Waals surface area contributed by atoms with Crippen molar-refractivity contribution < 1.29 is 14.7 Å². The highest BCUT2D eigenvalue weighted by molar-refractivity contribution is 7.19. The highest BCUT2D eigenvalue weighted by Crippen LogP contribution is 2.29. The molecule has 0 aliphatic heterocycles. The van der Waals surface area contributed by atoms with E-state index in [-0.39, 0.29) is 12.1 Å². The molecule has 0 spiro atoms. The number of ketones is 1. The number of benzene rings is 2. The molecular weight excluding hydrogens is 346 g/mol. The normalized spacial score (nSPS) is 12.1. The summed E-state index contributed by atoms with van der Waals surface area (Å²) in [6.45, 7) is -0.0228. The number of rotatable bonds is 5. The van der Waals surface area contributed by atoms with E-state index in [0.29, 0.717) is 5.02 Å². The van der Waals surface area contributed by atoms with Gasteiger partial charge in [0.1, 0.15) is 6.10 Å². The molecule has 3 rings (SSSR count). The smallest absolute Gasteiger partial charge is 0.292 e. The molecule has 0 aliphatic rings. The molecule has 6 heteroatoms. The Labute approximate surface area is 147 Å². The van der Waals surface area contributed by atoms with Gasteiger partial charge in [-0.25, -0.2) is 0 Å². The van der Waals surface area contributed by atoms with Crippen molar-refractivity contribution in [3.05, 3.63) is 70.1 Å². The maximum atomic E-state index is 12.0. The van der Waals surface area contributed by atoms with Crippen LogP contribution in [0.15, 0.2) is 54.6 Å². The number of hydrogen-bond acceptors (Lipinski definition) is 4. The van der Waals surface area contributed by atoms with Crippen LogP contribution in [0.5, 0.6) is 0 Å². The Morgan fingerprint density at radius 2 is 1.83 bits per heavy atom. The van der Waals surface area contributed by atoms with Gasteiger partial charge in [-0.1, -0.05) is 29.8 Å². The third kappa shape index (κ3) is 3.64. The second kappa shape index (κ2) is 7.13. The molecule has 0 bridgehead atoms. The van der Waals surface area contributed by atoms with Gasteiger partial charge >= 0.3 is 0 Å². The summed E-state index contributed by atoms with van der Waals surface area (Å²) in [5, 5.41) is 14.2. The second-order valence-electron chi connectivity index (χ2n) is 5.25. The summed E-state index contributed by atoms with van der Waals surface area (Å²) in [6.07, 6.45) is -0.857. The average Bonchev–Trinajstić information content (AvgIpc) is 3.03. The fourth-order valence-corrected chi connectivity index (χ4v) is 3.45. The van der Waals surface area contributed by atoms with E-state index in [2.05, 4.69) is 5.32 Å². The highest BCUT2D eigenvalue weighted by Gasteiger charge is 2.18. The van der Waals surface area contributed by atoms with Crippen LogP contribution < -0.4 is 5.32 Å². The molecule has 1 heterocycles. The lowest BCUT2D eigenvalue weighted by Crippen LogP contribution is -2.34. The lowest BCUT2D eigenvalue weighted by Gasteiger charge is -2.09. The van der Waals surface area contributed by atoms with Crippen LogP contribution in [-0.2, 0) is 4.79 Å². The SMILES string of the molecule is O=C(NC[C@H](O)c1cc2ccccc2s1)C(=O)c1ccc(Cl)cc1. The van der Waals surface area contributed by atoms with Crippen molar-refractivity contribution >= 4 is 44.7 Å². The zero-order valence-corrected chi connectivity index (χ0v) is 14.1. The molecule has 0 saturated heterocycles. The van der Waals surface area contributed by atoms with Crippen LogP contribution in [0.4, 0.5) is 0 Å². The minimum absolute atomic E-state index is 0.0228. The average molecular weight is 360 g/mol. The van der Waals surface area contributed by atoms with E-state index in [9.17, 15) is 14.7 Å². The van der Waals surface area contributed by atoms with Gasteiger partial charge in [0.05, 0.1) is 0 Å². The zero-order valence-electron chi connectivity index (χ0n) is 12.5. The van der Waals surface area contributed by atoms with Gasteiger partial charge in [-0.3, -0.25) is 9.59 Å². The zero-order chi connectivity index (χ0) is 17.1. The molecule has 1 aromatic heterocycles. The number of aliphatic hydroxyl groups is 1. The summed E-state index contributed by atoms with van der Waals surface area (Å²) in [6, 6.07) is 15.8. The largest absolute Gasteiger partial charge is 0.386 e. The quantitative estimate of drug-likeness (QED) is 0.540. The standard InChI is InChI=1S/C18H14ClNO3S/c19-13-7-5-11(6-8-13)17(22)18(23)20-10-14(21)16-9-12-3-1-2-4-15(12)24-16/h1-9,14,21H,10H2,(H,20,23)/t14-/m0/s1. The summed E-state index contributed by atoms with van der Waals surface area (Å²) in [7, 11) is 0. The minimum atomic E-state index is -0.857. The molecule has 3 aromatic rings. The third-order valence-electron chi connectivity index (χ3n) is 3.54. The minimum Gasteiger partial charge on any atom is -0.386 e. The molecule has 0 saturated carbocycles. The fraction of sp³-hybridized carbons (Fsp3) is 0.111. The molecule has 4 nitrogen and oxygen atoms in total. The molecule has 2 aromatic carbocycles. The molecule has 0 radical (unpaired) electrons. The Hall–Kier alpha value is -2.21. The van der Waals surface area contributed by atoms with Crippen molar-refractivity contribution in [3.63, 3.8) is 0 Å². The summed E-state index contributed by atoms with van der Waals surface area (Å²) in [5.74, 6) is -1.41. The van der Waals surface area contributed by atoms with Crippen LogP contribution in [0.25, 0.3) is 10.1 Å². The Morgan fingerprint density at radius 1 is 1.12 bits per heavy atom. The number of thiophene rings is 1. The molecule has 122 valence electrons. The van der Waals surface area contributed by atoms with Crippen LogP contribution in [-0.4, -0.2) is 23.3 Å². The number of carbonyl (C=O) groups is 2. The molecule has 2 N–H and O–H groups in total. The van der Waals surface area contributed by atoms with Crippen molar-refractivity contribution in [2.24, 2.45) is 0 Å². The predicted octanol–water partition coefficient (Wildman–Crippen LogP) is 3.59. The van der Waals surface area contributed by atoms with Crippen molar-refractivity contribution in [1.82, 2.24) is 5.32 Å². The number of Topliss-reactive ketones (excluding diaryl/α,β-unsaturated/α-hetero) is 1. The summed E-state index contributed by atoms with van der Waals surface area (Å²) in [4.78, 5) is 24.7. The fourth-order valence-electron chi connectivity index (χ4n) is 2.27. The van der Waals surface area contributed by atoms with Crippen molar-refractivity contribution in [3.8, 4) is 0 Å². The summed E-state index contributed by atoms with van der Waals surface area (Å²) in [5.41, 5.74) is 0.258. The first-order valence-corrected chi connectivity index (χ1v) is 8.48. The van der Waals surface area contributed by atoms with Crippen molar-refractivity contribution in [2.45, 2.75) is 6.10 Å². The van der Waals surface area contributed by atoms with Crippen LogP contribution in [0.3, 0.4) is 0 Å². The van der Waals surface area contributed by atoms with Crippen molar-refractivity contribution in [1.29, 1.82) is 0 Å². The lowest BCUT2D eigenvalue weighted by molar-refractivity contribution is -0.117. The number of halogens is 1. The maximum absolute atomic E-state index is 12.0. The van der Waals surface area contributed by atoms with E-state index in [1.807, 2.05) is 30.3 Å². The Bertz CT molecular complexity index is 856. The van der Waals surface area contributed by atoms with Gasteiger partial charge in [0.25, 0.3) is 5.91 Å². The molecule has 1 amide bonds. The Balaban J connectivity index is 1.62. The number of aliphatic hydroxyl groups excluding tert-OH is 1. The van der Waals surface area contributed by atoms with E-state index < -0.39 is 17.8 Å². The van der Waals surface area contributed by atoms with Crippen LogP contribution in [0.1, 0.15) is 21.3 Å². The molecule has 24 heavy (non-hydrogen) atoms. The van der Waals surface area contributed by atoms with Gasteiger partial charge in [0.15, 0.2) is 0 Å². The molecule has 0 fully saturated rings. The monoisotopic (exact) mass is 359 g/mol. The third-order valence-corrected chi connectivity index (χ3v) is 5.01.